The third-order valence-electron chi connectivity index (χ3n) is 4.15. The van der Waals surface area contributed by atoms with Gasteiger partial charge < -0.3 is 15.2 Å². The van der Waals surface area contributed by atoms with Gasteiger partial charge in [0.2, 0.25) is 0 Å². The molecule has 0 spiro atoms. The number of benzene rings is 2. The van der Waals surface area contributed by atoms with Gasteiger partial charge >= 0.3 is 0 Å². The zero-order chi connectivity index (χ0) is 14.9. The van der Waals surface area contributed by atoms with Gasteiger partial charge in [-0.3, -0.25) is 0 Å². The van der Waals surface area contributed by atoms with Crippen molar-refractivity contribution in [3.63, 3.8) is 0 Å². The summed E-state index contributed by atoms with van der Waals surface area (Å²) >= 11 is 0. The number of hydrogen-bond acceptors (Lipinski definition) is 3. The number of rotatable bonds is 2. The molecule has 2 aliphatic heterocycles. The Hall–Kier alpha value is -2.68. The predicted molar refractivity (Wildman–Crippen MR) is 87.0 cm³/mol. The lowest BCUT2D eigenvalue weighted by Gasteiger charge is -2.24. The van der Waals surface area contributed by atoms with E-state index in [2.05, 4.69) is 23.5 Å². The van der Waals surface area contributed by atoms with Gasteiger partial charge in [-0.1, -0.05) is 42.5 Å². The molecule has 4 rings (SSSR count). The van der Waals surface area contributed by atoms with Gasteiger partial charge in [-0.05, 0) is 36.7 Å². The number of aromatic hydroxyl groups is 1. The van der Waals surface area contributed by atoms with Crippen molar-refractivity contribution in [2.45, 2.75) is 18.9 Å². The number of nitrogens with one attached hydrogen (secondary N) is 1. The summed E-state index contributed by atoms with van der Waals surface area (Å²) < 4.78 is 5.89. The Morgan fingerprint density at radius 1 is 1.14 bits per heavy atom. The molecule has 0 bridgehead atoms. The maximum absolute atomic E-state index is 10.1. The van der Waals surface area contributed by atoms with Crippen molar-refractivity contribution < 1.29 is 9.84 Å². The highest BCUT2D eigenvalue weighted by Crippen LogP contribution is 2.47. The molecule has 1 unspecified atom stereocenters. The number of hydrogen-bond donors (Lipinski definition) is 2. The summed E-state index contributed by atoms with van der Waals surface area (Å²) in [7, 11) is 0. The molecule has 0 saturated carbocycles. The number of phenolic OH excluding ortho intramolecular Hbond substituents is 1. The number of phenols is 1. The second kappa shape index (κ2) is 5.26. The normalized spacial score (nSPS) is 20.2. The summed E-state index contributed by atoms with van der Waals surface area (Å²) in [6, 6.07) is 13.9. The Bertz CT molecular complexity index is 769. The Balaban J connectivity index is 1.79. The summed E-state index contributed by atoms with van der Waals surface area (Å²) in [5.74, 6) is 1.52. The van der Waals surface area contributed by atoms with Crippen LogP contribution in [0, 0.1) is 0 Å². The average Bonchev–Trinajstić information content (AvgIpc) is 3.06. The van der Waals surface area contributed by atoms with Crippen LogP contribution in [0.25, 0.3) is 5.57 Å². The molecule has 2 heterocycles. The Morgan fingerprint density at radius 3 is 2.86 bits per heavy atom. The largest absolute Gasteiger partial charge is 0.504 e. The van der Waals surface area contributed by atoms with Crippen LogP contribution in [0.4, 0.5) is 0 Å². The molecular formula is C19H17NO2. The first kappa shape index (κ1) is 13.0. The molecule has 2 aliphatic rings. The van der Waals surface area contributed by atoms with Crippen LogP contribution in [0.5, 0.6) is 17.2 Å². The first-order chi connectivity index (χ1) is 10.8. The summed E-state index contributed by atoms with van der Waals surface area (Å²) in [6.07, 6.45) is 8.40. The van der Waals surface area contributed by atoms with Crippen LogP contribution in [0.1, 0.15) is 24.0 Å². The van der Waals surface area contributed by atoms with Gasteiger partial charge in [-0.15, -0.1) is 0 Å². The maximum Gasteiger partial charge on any atom is 0.176 e. The summed E-state index contributed by atoms with van der Waals surface area (Å²) in [4.78, 5) is 0. The van der Waals surface area contributed by atoms with Gasteiger partial charge in [0.1, 0.15) is 5.75 Å². The van der Waals surface area contributed by atoms with E-state index in [9.17, 15) is 5.11 Å². The van der Waals surface area contributed by atoms with E-state index < -0.39 is 0 Å². The minimum atomic E-state index is 0.179. The first-order valence-corrected chi connectivity index (χ1v) is 7.54. The molecule has 0 aliphatic carbocycles. The van der Waals surface area contributed by atoms with Crippen molar-refractivity contribution in [2.75, 3.05) is 0 Å². The van der Waals surface area contributed by atoms with Crippen LogP contribution in [0.3, 0.4) is 0 Å². The molecule has 2 N–H and O–H groups in total. The van der Waals surface area contributed by atoms with Crippen LogP contribution < -0.4 is 10.1 Å². The quantitative estimate of drug-likeness (QED) is 0.743. The van der Waals surface area contributed by atoms with Crippen molar-refractivity contribution >= 4 is 5.57 Å². The molecule has 2 aromatic carbocycles. The predicted octanol–water partition coefficient (Wildman–Crippen LogP) is 4.20. The Kier molecular flexibility index (Phi) is 3.11. The summed E-state index contributed by atoms with van der Waals surface area (Å²) in [6.45, 7) is 0. The van der Waals surface area contributed by atoms with Crippen molar-refractivity contribution in [3.8, 4) is 17.2 Å². The van der Waals surface area contributed by atoms with E-state index in [1.807, 2.05) is 36.5 Å². The van der Waals surface area contributed by atoms with E-state index in [1.54, 1.807) is 6.07 Å². The monoisotopic (exact) mass is 291 g/mol. The average molecular weight is 291 g/mol. The molecule has 0 saturated heterocycles. The fourth-order valence-electron chi connectivity index (χ4n) is 3.03. The molecule has 3 heteroatoms. The van der Waals surface area contributed by atoms with Crippen molar-refractivity contribution in [3.05, 3.63) is 71.9 Å². The number of ether oxygens (including phenoxy) is 1. The van der Waals surface area contributed by atoms with Gasteiger partial charge in [-0.25, -0.2) is 0 Å². The lowest BCUT2D eigenvalue weighted by Crippen LogP contribution is -2.17. The van der Waals surface area contributed by atoms with Gasteiger partial charge in [-0.2, -0.15) is 0 Å². The second-order valence-electron chi connectivity index (χ2n) is 5.61. The topological polar surface area (TPSA) is 41.5 Å². The fourth-order valence-corrected chi connectivity index (χ4v) is 3.03. The number of para-hydroxylation sites is 2. The van der Waals surface area contributed by atoms with Crippen molar-refractivity contribution in [1.29, 1.82) is 0 Å². The van der Waals surface area contributed by atoms with Crippen LogP contribution in [0.2, 0.25) is 0 Å². The highest BCUT2D eigenvalue weighted by Gasteiger charge is 2.24. The summed E-state index contributed by atoms with van der Waals surface area (Å²) in [5.41, 5.74) is 3.15. The molecule has 0 fully saturated rings. The minimum absolute atomic E-state index is 0.179. The lowest BCUT2D eigenvalue weighted by molar-refractivity contribution is 0.407. The standard InChI is InChI=1S/C19H17NO2/c21-17-8-3-7-16-14(11-10-13-5-4-12-20-13)15-6-1-2-9-18(15)22-19(16)17/h1-4,6-9,11-13,20-21H,5,10H2/b14-11-. The smallest absolute Gasteiger partial charge is 0.176 e. The molecule has 0 amide bonds. The third-order valence-corrected chi connectivity index (χ3v) is 4.15. The SMILES string of the molecule is Oc1cccc2c1Oc1ccccc1/C2=C/CC1CC=CN1. The number of fused-ring (bicyclic) bond motifs is 2. The van der Waals surface area contributed by atoms with E-state index in [1.165, 1.54) is 0 Å². The van der Waals surface area contributed by atoms with E-state index in [4.69, 9.17) is 4.74 Å². The van der Waals surface area contributed by atoms with Gasteiger partial charge in [0.15, 0.2) is 11.5 Å². The zero-order valence-electron chi connectivity index (χ0n) is 12.1. The fraction of sp³-hybridized carbons (Fsp3) is 0.158. The molecule has 0 aromatic heterocycles. The summed E-state index contributed by atoms with van der Waals surface area (Å²) in [5, 5.41) is 13.5. The van der Waals surface area contributed by atoms with E-state index in [0.717, 1.165) is 35.3 Å². The first-order valence-electron chi connectivity index (χ1n) is 7.54. The lowest BCUT2D eigenvalue weighted by atomic mass is 9.92. The van der Waals surface area contributed by atoms with Gasteiger partial charge in [0, 0.05) is 17.2 Å². The van der Waals surface area contributed by atoms with Crippen LogP contribution in [-0.2, 0) is 0 Å². The van der Waals surface area contributed by atoms with Crippen LogP contribution in [-0.4, -0.2) is 11.1 Å². The Labute approximate surface area is 129 Å². The molecule has 1 atom stereocenters. The third kappa shape index (κ3) is 2.15. The van der Waals surface area contributed by atoms with Gasteiger partial charge in [0.05, 0.1) is 0 Å². The van der Waals surface area contributed by atoms with Gasteiger partial charge in [0.25, 0.3) is 0 Å². The molecule has 3 nitrogen and oxygen atoms in total. The van der Waals surface area contributed by atoms with E-state index in [0.29, 0.717) is 11.8 Å². The zero-order valence-corrected chi connectivity index (χ0v) is 12.1. The highest BCUT2D eigenvalue weighted by atomic mass is 16.5. The Morgan fingerprint density at radius 2 is 2.00 bits per heavy atom. The van der Waals surface area contributed by atoms with Crippen molar-refractivity contribution in [2.24, 2.45) is 0 Å². The highest BCUT2D eigenvalue weighted by molar-refractivity contribution is 5.89. The van der Waals surface area contributed by atoms with Crippen LogP contribution >= 0.6 is 0 Å². The minimum Gasteiger partial charge on any atom is -0.504 e. The molecule has 0 radical (unpaired) electrons. The maximum atomic E-state index is 10.1. The molecule has 22 heavy (non-hydrogen) atoms. The van der Waals surface area contributed by atoms with Crippen LogP contribution in [0.15, 0.2) is 60.8 Å². The molecular weight excluding hydrogens is 274 g/mol. The molecule has 2 aromatic rings. The van der Waals surface area contributed by atoms with E-state index >= 15 is 0 Å². The van der Waals surface area contributed by atoms with E-state index in [-0.39, 0.29) is 5.75 Å². The molecule has 110 valence electrons. The van der Waals surface area contributed by atoms with Crippen molar-refractivity contribution in [1.82, 2.24) is 5.32 Å². The second-order valence-corrected chi connectivity index (χ2v) is 5.61.